The van der Waals surface area contributed by atoms with Crippen LogP contribution in [0, 0.1) is 5.92 Å². The molecule has 1 aliphatic heterocycles. The number of hydrogen-bond acceptors (Lipinski definition) is 4. The first-order valence-corrected chi connectivity index (χ1v) is 9.23. The average molecular weight is 362 g/mol. The van der Waals surface area contributed by atoms with Crippen molar-refractivity contribution >= 4 is 22.5 Å². The Morgan fingerprint density at radius 2 is 1.93 bits per heavy atom. The molecule has 0 radical (unpaired) electrons. The number of carbonyl (C=O) groups is 1. The van der Waals surface area contributed by atoms with Crippen molar-refractivity contribution in [3.63, 3.8) is 0 Å². The molecule has 2 aromatic carbocycles. The molecule has 27 heavy (non-hydrogen) atoms. The van der Waals surface area contributed by atoms with Crippen LogP contribution in [0.4, 0.5) is 5.69 Å². The standard InChI is InChI=1S/C21H22N4O2/c26-20(24-17-6-7-18-19(12-17)22-14-23-21(18)27)16-8-10-25(11-9-16)13-15-4-2-1-3-5-15/h1-7,12,14,16H,8-11,13H2,(H,24,26)(H,22,23,27). The minimum atomic E-state index is -0.177. The highest BCUT2D eigenvalue weighted by molar-refractivity contribution is 5.94. The van der Waals surface area contributed by atoms with Gasteiger partial charge in [0.2, 0.25) is 5.91 Å². The molecule has 0 aliphatic carbocycles. The molecule has 1 aliphatic rings. The Hall–Kier alpha value is -2.99. The van der Waals surface area contributed by atoms with E-state index in [1.807, 2.05) is 6.07 Å². The molecule has 1 saturated heterocycles. The highest BCUT2D eigenvalue weighted by Crippen LogP contribution is 2.22. The Kier molecular flexibility index (Phi) is 4.98. The number of nitrogens with one attached hydrogen (secondary N) is 2. The molecule has 2 N–H and O–H groups in total. The van der Waals surface area contributed by atoms with E-state index in [4.69, 9.17) is 0 Å². The molecule has 0 unspecified atom stereocenters. The van der Waals surface area contributed by atoms with Crippen molar-refractivity contribution in [3.8, 4) is 0 Å². The van der Waals surface area contributed by atoms with Crippen LogP contribution in [0.15, 0.2) is 59.7 Å². The summed E-state index contributed by atoms with van der Waals surface area (Å²) < 4.78 is 0. The summed E-state index contributed by atoms with van der Waals surface area (Å²) in [7, 11) is 0. The average Bonchev–Trinajstić information content (AvgIpc) is 2.69. The molecule has 6 heteroatoms. The van der Waals surface area contributed by atoms with Crippen LogP contribution in [0.3, 0.4) is 0 Å². The fraction of sp³-hybridized carbons (Fsp3) is 0.286. The van der Waals surface area contributed by atoms with Crippen LogP contribution >= 0.6 is 0 Å². The Morgan fingerprint density at radius 3 is 2.70 bits per heavy atom. The van der Waals surface area contributed by atoms with Gasteiger partial charge in [0.25, 0.3) is 5.56 Å². The molecule has 1 fully saturated rings. The van der Waals surface area contributed by atoms with E-state index in [2.05, 4.69) is 44.5 Å². The molecule has 2 heterocycles. The minimum Gasteiger partial charge on any atom is -0.326 e. The predicted molar refractivity (Wildman–Crippen MR) is 105 cm³/mol. The molecule has 0 atom stereocenters. The quantitative estimate of drug-likeness (QED) is 0.748. The van der Waals surface area contributed by atoms with Crippen molar-refractivity contribution < 1.29 is 4.79 Å². The number of H-pyrrole nitrogens is 1. The van der Waals surface area contributed by atoms with Crippen molar-refractivity contribution in [1.29, 1.82) is 0 Å². The van der Waals surface area contributed by atoms with Gasteiger partial charge in [-0.25, -0.2) is 4.98 Å². The van der Waals surface area contributed by atoms with E-state index in [0.29, 0.717) is 16.6 Å². The zero-order chi connectivity index (χ0) is 18.6. The molecular formula is C21H22N4O2. The zero-order valence-electron chi connectivity index (χ0n) is 15.0. The van der Waals surface area contributed by atoms with Crippen molar-refractivity contribution in [2.24, 2.45) is 5.92 Å². The molecule has 0 bridgehead atoms. The summed E-state index contributed by atoms with van der Waals surface area (Å²) in [6.07, 6.45) is 3.08. The number of carbonyl (C=O) groups excluding carboxylic acids is 1. The second-order valence-electron chi connectivity index (χ2n) is 6.99. The molecule has 6 nitrogen and oxygen atoms in total. The number of likely N-dealkylation sites (tertiary alicyclic amines) is 1. The second-order valence-corrected chi connectivity index (χ2v) is 6.99. The zero-order valence-corrected chi connectivity index (χ0v) is 15.0. The van der Waals surface area contributed by atoms with Gasteiger partial charge in [-0.3, -0.25) is 14.5 Å². The highest BCUT2D eigenvalue weighted by Gasteiger charge is 2.25. The van der Waals surface area contributed by atoms with Crippen LogP contribution in [0.5, 0.6) is 0 Å². The van der Waals surface area contributed by atoms with Gasteiger partial charge >= 0.3 is 0 Å². The maximum atomic E-state index is 12.6. The lowest BCUT2D eigenvalue weighted by molar-refractivity contribution is -0.121. The molecule has 1 aromatic heterocycles. The summed E-state index contributed by atoms with van der Waals surface area (Å²) in [5, 5.41) is 3.50. The highest BCUT2D eigenvalue weighted by atomic mass is 16.2. The fourth-order valence-electron chi connectivity index (χ4n) is 3.59. The summed E-state index contributed by atoms with van der Waals surface area (Å²) in [6.45, 7) is 2.77. The third kappa shape index (κ3) is 4.06. The molecule has 4 rings (SSSR count). The van der Waals surface area contributed by atoms with E-state index in [1.165, 1.54) is 11.9 Å². The van der Waals surface area contributed by atoms with E-state index >= 15 is 0 Å². The normalized spacial score (nSPS) is 15.7. The monoisotopic (exact) mass is 362 g/mol. The first-order chi connectivity index (χ1) is 13.2. The van der Waals surface area contributed by atoms with Gasteiger partial charge in [-0.2, -0.15) is 0 Å². The van der Waals surface area contributed by atoms with E-state index in [1.54, 1.807) is 18.2 Å². The van der Waals surface area contributed by atoms with Gasteiger partial charge in [0, 0.05) is 18.2 Å². The number of aromatic nitrogens is 2. The van der Waals surface area contributed by atoms with Crippen LogP contribution in [0.25, 0.3) is 10.9 Å². The van der Waals surface area contributed by atoms with Gasteiger partial charge in [-0.1, -0.05) is 30.3 Å². The second kappa shape index (κ2) is 7.72. The third-order valence-electron chi connectivity index (χ3n) is 5.12. The summed E-state index contributed by atoms with van der Waals surface area (Å²) in [6, 6.07) is 15.6. The molecular weight excluding hydrogens is 340 g/mol. The number of amides is 1. The summed E-state index contributed by atoms with van der Waals surface area (Å²) in [4.78, 5) is 33.5. The number of piperidine rings is 1. The van der Waals surface area contributed by atoms with Gasteiger partial charge in [-0.15, -0.1) is 0 Å². The van der Waals surface area contributed by atoms with Crippen LogP contribution in [0.1, 0.15) is 18.4 Å². The molecule has 0 saturated carbocycles. The Balaban J connectivity index is 1.35. The molecule has 0 spiro atoms. The minimum absolute atomic E-state index is 0.0138. The number of rotatable bonds is 4. The maximum Gasteiger partial charge on any atom is 0.258 e. The van der Waals surface area contributed by atoms with E-state index in [0.717, 1.165) is 32.5 Å². The van der Waals surface area contributed by atoms with Gasteiger partial charge < -0.3 is 10.3 Å². The van der Waals surface area contributed by atoms with Crippen molar-refractivity contribution in [1.82, 2.24) is 14.9 Å². The number of aromatic amines is 1. The maximum absolute atomic E-state index is 12.6. The van der Waals surface area contributed by atoms with Crippen LogP contribution in [-0.2, 0) is 11.3 Å². The molecule has 3 aromatic rings. The summed E-state index contributed by atoms with van der Waals surface area (Å²) in [5.74, 6) is 0.0541. The van der Waals surface area contributed by atoms with Gasteiger partial charge in [-0.05, 0) is 49.7 Å². The van der Waals surface area contributed by atoms with Crippen molar-refractivity contribution in [3.05, 3.63) is 70.8 Å². The van der Waals surface area contributed by atoms with E-state index in [9.17, 15) is 9.59 Å². The number of hydrogen-bond donors (Lipinski definition) is 2. The van der Waals surface area contributed by atoms with Crippen LogP contribution in [-0.4, -0.2) is 33.9 Å². The lowest BCUT2D eigenvalue weighted by Gasteiger charge is -2.31. The van der Waals surface area contributed by atoms with Crippen LogP contribution < -0.4 is 10.9 Å². The number of fused-ring (bicyclic) bond motifs is 1. The molecule has 138 valence electrons. The van der Waals surface area contributed by atoms with Crippen LogP contribution in [0.2, 0.25) is 0 Å². The van der Waals surface area contributed by atoms with Crippen molar-refractivity contribution in [2.75, 3.05) is 18.4 Å². The largest absolute Gasteiger partial charge is 0.326 e. The van der Waals surface area contributed by atoms with Gasteiger partial charge in [0.1, 0.15) is 0 Å². The molecule has 1 amide bonds. The first kappa shape index (κ1) is 17.4. The van der Waals surface area contributed by atoms with Gasteiger partial charge in [0.05, 0.1) is 17.2 Å². The number of anilines is 1. The Morgan fingerprint density at radius 1 is 1.15 bits per heavy atom. The Labute approximate surface area is 157 Å². The fourth-order valence-corrected chi connectivity index (χ4v) is 3.59. The lowest BCUT2D eigenvalue weighted by Crippen LogP contribution is -2.37. The first-order valence-electron chi connectivity index (χ1n) is 9.23. The van der Waals surface area contributed by atoms with Gasteiger partial charge in [0.15, 0.2) is 0 Å². The SMILES string of the molecule is O=C(Nc1ccc2c(=O)[nH]cnc2c1)C1CCN(Cc2ccccc2)CC1. The Bertz CT molecular complexity index is 992. The topological polar surface area (TPSA) is 78.1 Å². The summed E-state index contributed by atoms with van der Waals surface area (Å²) >= 11 is 0. The number of nitrogens with zero attached hydrogens (tertiary/aromatic N) is 2. The number of benzene rings is 2. The lowest BCUT2D eigenvalue weighted by atomic mass is 9.95. The van der Waals surface area contributed by atoms with E-state index in [-0.39, 0.29) is 17.4 Å². The summed E-state index contributed by atoms with van der Waals surface area (Å²) in [5.41, 5.74) is 2.38. The smallest absolute Gasteiger partial charge is 0.258 e. The predicted octanol–water partition coefficient (Wildman–Crippen LogP) is 2.77. The van der Waals surface area contributed by atoms with Crippen molar-refractivity contribution in [2.45, 2.75) is 19.4 Å². The third-order valence-corrected chi connectivity index (χ3v) is 5.12. The van der Waals surface area contributed by atoms with E-state index < -0.39 is 0 Å².